The number of ether oxygens (including phenoxy) is 1. The number of pyridine rings is 1. The van der Waals surface area contributed by atoms with Gasteiger partial charge in [0.05, 0.1) is 28.5 Å². The number of nitrogens with two attached hydrogens (primary N) is 1. The van der Waals surface area contributed by atoms with Crippen LogP contribution in [0.15, 0.2) is 24.3 Å². The number of esters is 1. The first-order valence-corrected chi connectivity index (χ1v) is 6.51. The van der Waals surface area contributed by atoms with E-state index in [1.54, 1.807) is 0 Å². The maximum atomic E-state index is 11.7. The number of carbonyl (C=O) groups excluding carboxylic acids is 1. The molecule has 0 saturated carbocycles. The minimum atomic E-state index is -0.660. The quantitative estimate of drug-likeness (QED) is 0.858. The van der Waals surface area contributed by atoms with E-state index in [1.807, 2.05) is 31.2 Å². The van der Waals surface area contributed by atoms with Gasteiger partial charge in [0.15, 0.2) is 5.69 Å². The van der Waals surface area contributed by atoms with Crippen molar-refractivity contribution in [3.63, 3.8) is 0 Å². The van der Waals surface area contributed by atoms with Crippen molar-refractivity contribution in [3.8, 4) is 11.3 Å². The van der Waals surface area contributed by atoms with Crippen molar-refractivity contribution < 1.29 is 9.53 Å². The van der Waals surface area contributed by atoms with Crippen molar-refractivity contribution in [2.24, 2.45) is 0 Å². The van der Waals surface area contributed by atoms with Gasteiger partial charge in [-0.05, 0) is 6.92 Å². The first-order chi connectivity index (χ1) is 9.45. The third kappa shape index (κ3) is 2.57. The van der Waals surface area contributed by atoms with E-state index in [9.17, 15) is 4.79 Å². The Hall–Kier alpha value is -1.78. The Morgan fingerprint density at radius 1 is 1.20 bits per heavy atom. The molecule has 0 saturated heterocycles. The number of hydrogen-bond donors (Lipinski definition) is 1. The molecule has 0 bridgehead atoms. The van der Waals surface area contributed by atoms with E-state index in [4.69, 9.17) is 28.9 Å². The lowest BCUT2D eigenvalue weighted by Gasteiger charge is -2.11. The maximum Gasteiger partial charge on any atom is 0.358 e. The highest BCUT2D eigenvalue weighted by Crippen LogP contribution is 2.37. The van der Waals surface area contributed by atoms with Gasteiger partial charge in [-0.15, -0.1) is 0 Å². The van der Waals surface area contributed by atoms with Gasteiger partial charge in [-0.1, -0.05) is 53.0 Å². The molecule has 6 heteroatoms. The lowest BCUT2D eigenvalue weighted by atomic mass is 10.1. The van der Waals surface area contributed by atoms with Crippen LogP contribution in [-0.2, 0) is 4.74 Å². The van der Waals surface area contributed by atoms with Gasteiger partial charge in [0, 0.05) is 5.56 Å². The number of nitrogen functional groups attached to an aromatic ring is 1. The predicted molar refractivity (Wildman–Crippen MR) is 80.2 cm³/mol. The smallest absolute Gasteiger partial charge is 0.358 e. The van der Waals surface area contributed by atoms with Crippen molar-refractivity contribution in [1.82, 2.24) is 4.98 Å². The van der Waals surface area contributed by atoms with E-state index < -0.39 is 5.97 Å². The summed E-state index contributed by atoms with van der Waals surface area (Å²) in [5.41, 5.74) is 8.13. The molecule has 2 N–H and O–H groups in total. The summed E-state index contributed by atoms with van der Waals surface area (Å²) < 4.78 is 4.64. The highest BCUT2D eigenvalue weighted by Gasteiger charge is 2.21. The summed E-state index contributed by atoms with van der Waals surface area (Å²) in [6.45, 7) is 1.97. The molecule has 1 aromatic heterocycles. The minimum absolute atomic E-state index is 0.00212. The summed E-state index contributed by atoms with van der Waals surface area (Å²) >= 11 is 12.2. The number of aryl methyl sites for hydroxylation is 1. The average molecular weight is 311 g/mol. The van der Waals surface area contributed by atoms with Crippen LogP contribution in [0.3, 0.4) is 0 Å². The number of halogens is 2. The topological polar surface area (TPSA) is 65.2 Å². The average Bonchev–Trinajstić information content (AvgIpc) is 2.45. The summed E-state index contributed by atoms with van der Waals surface area (Å²) in [5, 5.41) is 0.212. The standard InChI is InChI=1S/C14H12Cl2N2O2/c1-7-3-5-8(6-4-7)12-9(15)11(17)10(16)13(18-12)14(19)20-2/h3-6H,1-2H3,(H2,17,18). The molecule has 4 nitrogen and oxygen atoms in total. The van der Waals surface area contributed by atoms with Crippen LogP contribution in [0.4, 0.5) is 5.69 Å². The van der Waals surface area contributed by atoms with E-state index in [-0.39, 0.29) is 21.4 Å². The zero-order chi connectivity index (χ0) is 14.9. The summed E-state index contributed by atoms with van der Waals surface area (Å²) in [6, 6.07) is 7.52. The van der Waals surface area contributed by atoms with Gasteiger partial charge in [0.25, 0.3) is 0 Å². The fourth-order valence-corrected chi connectivity index (χ4v) is 2.20. The highest BCUT2D eigenvalue weighted by molar-refractivity contribution is 6.41. The largest absolute Gasteiger partial charge is 0.464 e. The number of rotatable bonds is 2. The molecule has 104 valence electrons. The van der Waals surface area contributed by atoms with E-state index in [1.165, 1.54) is 7.11 Å². The van der Waals surface area contributed by atoms with E-state index in [0.717, 1.165) is 11.1 Å². The summed E-state index contributed by atoms with van der Waals surface area (Å²) in [5.74, 6) is -0.660. The molecular formula is C14H12Cl2N2O2. The van der Waals surface area contributed by atoms with Crippen molar-refractivity contribution in [3.05, 3.63) is 45.6 Å². The molecule has 0 unspecified atom stereocenters. The Balaban J connectivity index is 2.67. The zero-order valence-corrected chi connectivity index (χ0v) is 12.4. The van der Waals surface area contributed by atoms with Crippen LogP contribution in [0, 0.1) is 6.92 Å². The Bertz CT molecular complexity index is 670. The minimum Gasteiger partial charge on any atom is -0.464 e. The van der Waals surface area contributed by atoms with Crippen molar-refractivity contribution >= 4 is 34.9 Å². The number of carbonyl (C=O) groups is 1. The number of nitrogens with zero attached hydrogens (tertiary/aromatic N) is 1. The lowest BCUT2D eigenvalue weighted by Crippen LogP contribution is -2.08. The molecule has 20 heavy (non-hydrogen) atoms. The molecule has 1 heterocycles. The van der Waals surface area contributed by atoms with E-state index >= 15 is 0 Å². The molecule has 2 aromatic rings. The molecule has 0 atom stereocenters. The molecule has 2 rings (SSSR count). The van der Waals surface area contributed by atoms with Crippen LogP contribution in [-0.4, -0.2) is 18.1 Å². The van der Waals surface area contributed by atoms with Crippen LogP contribution in [0.1, 0.15) is 16.1 Å². The summed E-state index contributed by atoms with van der Waals surface area (Å²) in [6.07, 6.45) is 0. The Morgan fingerprint density at radius 2 is 1.80 bits per heavy atom. The van der Waals surface area contributed by atoms with Crippen LogP contribution in [0.2, 0.25) is 10.0 Å². The first kappa shape index (κ1) is 14.6. The summed E-state index contributed by atoms with van der Waals surface area (Å²) in [7, 11) is 1.25. The van der Waals surface area contributed by atoms with Gasteiger partial charge in [-0.25, -0.2) is 9.78 Å². The van der Waals surface area contributed by atoms with Crippen molar-refractivity contribution in [2.75, 3.05) is 12.8 Å². The Morgan fingerprint density at radius 3 is 2.35 bits per heavy atom. The molecule has 0 amide bonds. The molecule has 1 aromatic carbocycles. The summed E-state index contributed by atoms with van der Waals surface area (Å²) in [4.78, 5) is 15.9. The van der Waals surface area contributed by atoms with E-state index in [2.05, 4.69) is 9.72 Å². The number of benzene rings is 1. The normalized spacial score (nSPS) is 10.4. The van der Waals surface area contributed by atoms with Crippen LogP contribution >= 0.6 is 23.2 Å². The first-order valence-electron chi connectivity index (χ1n) is 5.75. The molecule has 0 aliphatic heterocycles. The van der Waals surface area contributed by atoms with Gasteiger partial charge in [-0.3, -0.25) is 0 Å². The fourth-order valence-electron chi connectivity index (χ4n) is 1.70. The molecule has 0 radical (unpaired) electrons. The molecule has 0 aliphatic rings. The van der Waals surface area contributed by atoms with Crippen LogP contribution in [0.5, 0.6) is 0 Å². The van der Waals surface area contributed by atoms with Gasteiger partial charge >= 0.3 is 5.97 Å². The van der Waals surface area contributed by atoms with Gasteiger partial charge in [-0.2, -0.15) is 0 Å². The van der Waals surface area contributed by atoms with E-state index in [0.29, 0.717) is 5.69 Å². The van der Waals surface area contributed by atoms with Crippen LogP contribution < -0.4 is 5.73 Å². The van der Waals surface area contributed by atoms with Crippen LogP contribution in [0.25, 0.3) is 11.3 Å². The third-order valence-corrected chi connectivity index (χ3v) is 3.58. The van der Waals surface area contributed by atoms with Gasteiger partial charge < -0.3 is 10.5 Å². The number of anilines is 1. The molecular weight excluding hydrogens is 299 g/mol. The zero-order valence-electron chi connectivity index (χ0n) is 10.9. The molecule has 0 aliphatic carbocycles. The Labute approximate surface area is 126 Å². The monoisotopic (exact) mass is 310 g/mol. The third-order valence-electron chi connectivity index (χ3n) is 2.82. The van der Waals surface area contributed by atoms with Gasteiger partial charge in [0.2, 0.25) is 0 Å². The fraction of sp³-hybridized carbons (Fsp3) is 0.143. The highest BCUT2D eigenvalue weighted by atomic mass is 35.5. The van der Waals surface area contributed by atoms with Gasteiger partial charge in [0.1, 0.15) is 0 Å². The second kappa shape index (κ2) is 5.69. The lowest BCUT2D eigenvalue weighted by molar-refractivity contribution is 0.0594. The second-order valence-electron chi connectivity index (χ2n) is 4.21. The number of hydrogen-bond acceptors (Lipinski definition) is 4. The van der Waals surface area contributed by atoms with Crippen molar-refractivity contribution in [1.29, 1.82) is 0 Å². The second-order valence-corrected chi connectivity index (χ2v) is 4.96. The van der Waals surface area contributed by atoms with Crippen molar-refractivity contribution in [2.45, 2.75) is 6.92 Å². The molecule has 0 fully saturated rings. The predicted octanol–water partition coefficient (Wildman–Crippen LogP) is 3.73. The Kier molecular flexibility index (Phi) is 4.16. The maximum absolute atomic E-state index is 11.7. The number of aromatic nitrogens is 1. The SMILES string of the molecule is COC(=O)c1nc(-c2ccc(C)cc2)c(Cl)c(N)c1Cl. The molecule has 0 spiro atoms. The number of methoxy groups -OCH3 is 1.